The van der Waals surface area contributed by atoms with Crippen molar-refractivity contribution in [2.45, 2.75) is 18.8 Å². The van der Waals surface area contributed by atoms with E-state index in [-0.39, 0.29) is 0 Å². The molecule has 0 aliphatic heterocycles. The largest absolute Gasteiger partial charge is 0.313 e. The first-order valence-corrected chi connectivity index (χ1v) is 16.9. The molecular formula is C46H29N5. The Labute approximate surface area is 295 Å². The summed E-state index contributed by atoms with van der Waals surface area (Å²) in [5, 5.41) is 34.7. The SMILES string of the molecule is CC1(c2ccccc2-n2c3ccccc3c3ccccc32)CC(n2c3ccc(C#N)cc3c3cc(C#N)ccc32)=CC(C#N)=C1c1ccccc1. The van der Waals surface area contributed by atoms with Gasteiger partial charge in [0.25, 0.3) is 0 Å². The van der Waals surface area contributed by atoms with Gasteiger partial charge in [-0.3, -0.25) is 0 Å². The minimum Gasteiger partial charge on any atom is -0.313 e. The molecular weight excluding hydrogens is 623 g/mol. The topological polar surface area (TPSA) is 81.2 Å². The van der Waals surface area contributed by atoms with Crippen LogP contribution in [0.5, 0.6) is 0 Å². The van der Waals surface area contributed by atoms with Crippen molar-refractivity contribution in [2.75, 3.05) is 0 Å². The molecule has 1 aliphatic rings. The molecule has 0 fully saturated rings. The Morgan fingerprint density at radius 2 is 1.06 bits per heavy atom. The highest BCUT2D eigenvalue weighted by Crippen LogP contribution is 2.52. The van der Waals surface area contributed by atoms with E-state index in [0.717, 1.165) is 60.9 Å². The van der Waals surface area contributed by atoms with Gasteiger partial charge in [0.2, 0.25) is 0 Å². The van der Waals surface area contributed by atoms with E-state index in [1.54, 1.807) is 0 Å². The molecule has 51 heavy (non-hydrogen) atoms. The van der Waals surface area contributed by atoms with Crippen LogP contribution in [-0.4, -0.2) is 9.13 Å². The zero-order valence-electron chi connectivity index (χ0n) is 27.8. The van der Waals surface area contributed by atoms with Crippen LogP contribution in [0.3, 0.4) is 0 Å². The lowest BCUT2D eigenvalue weighted by Crippen LogP contribution is -2.30. The molecule has 1 atom stereocenters. The summed E-state index contributed by atoms with van der Waals surface area (Å²) in [6, 6.07) is 54.5. The molecule has 0 N–H and O–H groups in total. The van der Waals surface area contributed by atoms with Gasteiger partial charge in [0.1, 0.15) is 0 Å². The summed E-state index contributed by atoms with van der Waals surface area (Å²) in [5.74, 6) is 0. The van der Waals surface area contributed by atoms with E-state index in [2.05, 4.69) is 119 Å². The molecule has 238 valence electrons. The van der Waals surface area contributed by atoms with Crippen LogP contribution in [-0.2, 0) is 5.41 Å². The Morgan fingerprint density at radius 3 is 1.65 bits per heavy atom. The van der Waals surface area contributed by atoms with Crippen molar-refractivity contribution < 1.29 is 0 Å². The standard InChI is InChI=1S/C46H29N5/c1-46(39-15-7-10-18-44(39)51-40-16-8-5-13-35(40)36-14-6-9-17-41(36)51)26-34(25-33(29-49)45(46)32-11-3-2-4-12-32)50-42-21-19-30(27-47)23-37(42)38-24-31(28-48)20-22-43(38)50/h2-25H,26H2,1H3. The van der Waals surface area contributed by atoms with Gasteiger partial charge in [-0.1, -0.05) is 91.9 Å². The number of nitriles is 3. The molecule has 0 radical (unpaired) electrons. The van der Waals surface area contributed by atoms with Gasteiger partial charge in [-0.2, -0.15) is 15.8 Å². The number of rotatable bonds is 4. The van der Waals surface area contributed by atoms with E-state index in [4.69, 9.17) is 0 Å². The Bertz CT molecular complexity index is 2810. The van der Waals surface area contributed by atoms with Crippen molar-refractivity contribution in [3.8, 4) is 23.9 Å². The molecule has 2 aromatic heterocycles. The Kier molecular flexibility index (Phi) is 6.75. The maximum Gasteiger partial charge on any atom is 0.0995 e. The molecule has 5 nitrogen and oxygen atoms in total. The summed E-state index contributed by atoms with van der Waals surface area (Å²) in [4.78, 5) is 0. The number of nitrogens with zero attached hydrogens (tertiary/aromatic N) is 5. The van der Waals surface area contributed by atoms with Crippen LogP contribution < -0.4 is 0 Å². The first kappa shape index (κ1) is 30.0. The molecule has 8 aromatic rings. The van der Waals surface area contributed by atoms with Gasteiger partial charge in [0.15, 0.2) is 0 Å². The number of fused-ring (bicyclic) bond motifs is 6. The van der Waals surface area contributed by atoms with E-state index in [9.17, 15) is 15.8 Å². The smallest absolute Gasteiger partial charge is 0.0995 e. The number of para-hydroxylation sites is 3. The summed E-state index contributed by atoms with van der Waals surface area (Å²) < 4.78 is 4.58. The lowest BCUT2D eigenvalue weighted by atomic mass is 9.65. The summed E-state index contributed by atoms with van der Waals surface area (Å²) in [5.41, 5.74) is 10.2. The molecule has 0 amide bonds. The molecule has 0 saturated carbocycles. The van der Waals surface area contributed by atoms with Crippen molar-refractivity contribution in [2.24, 2.45) is 0 Å². The van der Waals surface area contributed by atoms with Crippen molar-refractivity contribution in [3.63, 3.8) is 0 Å². The first-order chi connectivity index (χ1) is 25.0. The van der Waals surface area contributed by atoms with E-state index >= 15 is 0 Å². The van der Waals surface area contributed by atoms with Crippen molar-refractivity contribution in [3.05, 3.63) is 173 Å². The number of benzene rings is 6. The molecule has 0 spiro atoms. The lowest BCUT2D eigenvalue weighted by molar-refractivity contribution is 0.614. The highest BCUT2D eigenvalue weighted by atomic mass is 15.0. The fraction of sp³-hybridized carbons (Fsp3) is 0.0652. The van der Waals surface area contributed by atoms with Crippen molar-refractivity contribution in [1.29, 1.82) is 15.8 Å². The average molecular weight is 652 g/mol. The summed E-state index contributed by atoms with van der Waals surface area (Å²) in [6.07, 6.45) is 2.61. The maximum absolute atomic E-state index is 11.0. The van der Waals surface area contributed by atoms with E-state index in [0.29, 0.717) is 23.1 Å². The van der Waals surface area contributed by atoms with Gasteiger partial charge in [-0.25, -0.2) is 0 Å². The predicted octanol–water partition coefficient (Wildman–Crippen LogP) is 10.8. The molecule has 6 aromatic carbocycles. The zero-order valence-corrected chi connectivity index (χ0v) is 27.8. The van der Waals surface area contributed by atoms with E-state index in [1.807, 2.05) is 60.7 Å². The van der Waals surface area contributed by atoms with Crippen LogP contribution in [0.15, 0.2) is 151 Å². The molecule has 1 aliphatic carbocycles. The fourth-order valence-electron chi connectivity index (χ4n) is 8.37. The fourth-order valence-corrected chi connectivity index (χ4v) is 8.37. The second kappa shape index (κ2) is 11.5. The van der Waals surface area contributed by atoms with Crippen LogP contribution in [0.2, 0.25) is 0 Å². The maximum atomic E-state index is 11.0. The number of hydrogen-bond acceptors (Lipinski definition) is 3. The summed E-state index contributed by atoms with van der Waals surface area (Å²) in [6.45, 7) is 2.27. The first-order valence-electron chi connectivity index (χ1n) is 16.9. The van der Waals surface area contributed by atoms with E-state index < -0.39 is 5.41 Å². The van der Waals surface area contributed by atoms with Crippen LogP contribution in [0.25, 0.3) is 60.6 Å². The van der Waals surface area contributed by atoms with Gasteiger partial charge in [0, 0.05) is 39.1 Å². The van der Waals surface area contributed by atoms with Crippen LogP contribution >= 0.6 is 0 Å². The Hall–Kier alpha value is -7.13. The summed E-state index contributed by atoms with van der Waals surface area (Å²) in [7, 11) is 0. The summed E-state index contributed by atoms with van der Waals surface area (Å²) >= 11 is 0. The predicted molar refractivity (Wildman–Crippen MR) is 205 cm³/mol. The van der Waals surface area contributed by atoms with Gasteiger partial charge in [0.05, 0.1) is 62.7 Å². The van der Waals surface area contributed by atoms with Gasteiger partial charge in [-0.05, 0) is 77.4 Å². The Morgan fingerprint density at radius 1 is 0.529 bits per heavy atom. The third-order valence-corrected chi connectivity index (χ3v) is 10.5. The van der Waals surface area contributed by atoms with Crippen LogP contribution in [0.4, 0.5) is 0 Å². The van der Waals surface area contributed by atoms with Crippen LogP contribution in [0.1, 0.15) is 35.6 Å². The minimum atomic E-state index is -0.665. The number of hydrogen-bond donors (Lipinski definition) is 0. The van der Waals surface area contributed by atoms with Gasteiger partial charge >= 0.3 is 0 Å². The number of allylic oxidation sites excluding steroid dienone is 4. The molecule has 2 heterocycles. The monoisotopic (exact) mass is 651 g/mol. The highest BCUT2D eigenvalue weighted by Gasteiger charge is 2.41. The van der Waals surface area contributed by atoms with Crippen LogP contribution in [0, 0.1) is 34.0 Å². The van der Waals surface area contributed by atoms with E-state index in [1.165, 1.54) is 10.8 Å². The quantitative estimate of drug-likeness (QED) is 0.190. The van der Waals surface area contributed by atoms with Crippen molar-refractivity contribution >= 4 is 54.9 Å². The third kappa shape index (κ3) is 4.45. The van der Waals surface area contributed by atoms with Gasteiger partial charge in [-0.15, -0.1) is 0 Å². The highest BCUT2D eigenvalue weighted by molar-refractivity contribution is 6.12. The second-order valence-electron chi connectivity index (χ2n) is 13.3. The average Bonchev–Trinajstić information content (AvgIpc) is 3.70. The van der Waals surface area contributed by atoms with Gasteiger partial charge < -0.3 is 9.13 Å². The number of aromatic nitrogens is 2. The lowest BCUT2D eigenvalue weighted by Gasteiger charge is -2.39. The zero-order chi connectivity index (χ0) is 34.7. The minimum absolute atomic E-state index is 0.551. The normalized spacial score (nSPS) is 15.9. The Balaban J connectivity index is 1.36. The molecule has 5 heteroatoms. The van der Waals surface area contributed by atoms with Crippen molar-refractivity contribution in [1.82, 2.24) is 9.13 Å². The molecule has 0 bridgehead atoms. The molecule has 9 rings (SSSR count). The third-order valence-electron chi connectivity index (χ3n) is 10.5. The molecule has 0 saturated heterocycles. The second-order valence-corrected chi connectivity index (χ2v) is 13.3. The molecule has 1 unspecified atom stereocenters.